The van der Waals surface area contributed by atoms with Crippen LogP contribution in [0, 0.1) is 11.6 Å². The smallest absolute Gasteiger partial charge is 0.344 e. The summed E-state index contributed by atoms with van der Waals surface area (Å²) in [6.45, 7) is -0.660. The molecular weight excluding hydrogens is 208 g/mol. The number of carbonyl (C=O) groups is 1. The number of hydrogen-bond acceptors (Lipinski definition) is 3. The number of hydrogen-bond donors (Lipinski definition) is 1. The van der Waals surface area contributed by atoms with Gasteiger partial charge >= 0.3 is 5.97 Å². The van der Waals surface area contributed by atoms with Crippen LogP contribution in [0.5, 0.6) is 0 Å². The Hall–Kier alpha value is -1.98. The van der Waals surface area contributed by atoms with E-state index < -0.39 is 24.2 Å². The maximum atomic E-state index is 12.9. The van der Waals surface area contributed by atoms with Gasteiger partial charge in [0.1, 0.15) is 11.6 Å². The van der Waals surface area contributed by atoms with Crippen LogP contribution in [0.4, 0.5) is 8.78 Å². The zero-order chi connectivity index (χ0) is 11.3. The summed E-state index contributed by atoms with van der Waals surface area (Å²) in [6, 6.07) is 3.32. The fourth-order valence-corrected chi connectivity index (χ4v) is 0.817. The number of nitrogens with zero attached hydrogens (tertiary/aromatic N) is 1. The Morgan fingerprint density at radius 1 is 1.47 bits per heavy atom. The van der Waals surface area contributed by atoms with Gasteiger partial charge in [0, 0.05) is 0 Å². The highest BCUT2D eigenvalue weighted by molar-refractivity contribution is 5.79. The van der Waals surface area contributed by atoms with Crippen molar-refractivity contribution in [3.8, 4) is 0 Å². The Morgan fingerprint density at radius 2 is 2.07 bits per heavy atom. The van der Waals surface area contributed by atoms with Crippen molar-refractivity contribution in [2.24, 2.45) is 5.16 Å². The number of oxime groups is 1. The van der Waals surface area contributed by atoms with Gasteiger partial charge in [0.25, 0.3) is 0 Å². The van der Waals surface area contributed by atoms with Crippen molar-refractivity contribution in [2.75, 3.05) is 6.61 Å². The predicted molar refractivity (Wildman–Crippen MR) is 47.5 cm³/mol. The molecule has 6 heteroatoms. The molecule has 0 spiro atoms. The molecule has 0 unspecified atom stereocenters. The van der Waals surface area contributed by atoms with Crippen molar-refractivity contribution in [1.82, 2.24) is 0 Å². The van der Waals surface area contributed by atoms with Crippen molar-refractivity contribution >= 4 is 12.2 Å². The summed E-state index contributed by atoms with van der Waals surface area (Å²) >= 11 is 0. The van der Waals surface area contributed by atoms with Crippen LogP contribution in [0.3, 0.4) is 0 Å². The van der Waals surface area contributed by atoms with Crippen LogP contribution in [0.2, 0.25) is 0 Å². The van der Waals surface area contributed by atoms with Crippen molar-refractivity contribution in [3.05, 3.63) is 35.4 Å². The minimum atomic E-state index is -1.22. The standard InChI is InChI=1S/C9H7F2NO3/c10-7-2-1-3-8(11)6(7)4-12-15-5-9(13)14/h1-4H,5H2,(H,13,14). The van der Waals surface area contributed by atoms with E-state index >= 15 is 0 Å². The summed E-state index contributed by atoms with van der Waals surface area (Å²) in [5, 5.41) is 11.3. The molecule has 0 radical (unpaired) electrons. The minimum absolute atomic E-state index is 0.372. The number of benzene rings is 1. The SMILES string of the molecule is O=C(O)CON=Cc1c(F)cccc1F. The van der Waals surface area contributed by atoms with Crippen LogP contribution in [-0.2, 0) is 9.63 Å². The molecule has 0 atom stereocenters. The average molecular weight is 215 g/mol. The van der Waals surface area contributed by atoms with Gasteiger partial charge in [-0.25, -0.2) is 13.6 Å². The van der Waals surface area contributed by atoms with E-state index in [1.165, 1.54) is 6.07 Å². The van der Waals surface area contributed by atoms with Gasteiger partial charge in [-0.2, -0.15) is 0 Å². The molecule has 0 aromatic heterocycles. The zero-order valence-electron chi connectivity index (χ0n) is 7.48. The van der Waals surface area contributed by atoms with Crippen LogP contribution in [0.15, 0.2) is 23.4 Å². The lowest BCUT2D eigenvalue weighted by atomic mass is 10.2. The van der Waals surface area contributed by atoms with Gasteiger partial charge < -0.3 is 9.94 Å². The second-order valence-corrected chi connectivity index (χ2v) is 2.54. The molecule has 1 rings (SSSR count). The van der Waals surface area contributed by atoms with E-state index in [4.69, 9.17) is 5.11 Å². The van der Waals surface area contributed by atoms with E-state index in [1.54, 1.807) is 0 Å². The third-order valence-electron chi connectivity index (χ3n) is 1.44. The van der Waals surface area contributed by atoms with Gasteiger partial charge in [0.2, 0.25) is 6.61 Å². The van der Waals surface area contributed by atoms with Gasteiger partial charge in [-0.3, -0.25) is 0 Å². The molecule has 4 nitrogen and oxygen atoms in total. The van der Waals surface area contributed by atoms with Crippen molar-refractivity contribution in [3.63, 3.8) is 0 Å². The molecule has 0 amide bonds. The van der Waals surface area contributed by atoms with Crippen molar-refractivity contribution < 1.29 is 23.5 Å². The monoisotopic (exact) mass is 215 g/mol. The molecule has 0 bridgehead atoms. The second kappa shape index (κ2) is 5.04. The second-order valence-electron chi connectivity index (χ2n) is 2.54. The molecule has 0 saturated heterocycles. The maximum Gasteiger partial charge on any atom is 0.344 e. The average Bonchev–Trinajstić information content (AvgIpc) is 2.15. The molecule has 1 aromatic carbocycles. The predicted octanol–water partition coefficient (Wildman–Crippen LogP) is 1.40. The molecule has 0 aliphatic rings. The summed E-state index contributed by atoms with van der Waals surface area (Å²) in [5.41, 5.74) is -0.372. The first-order valence-corrected chi connectivity index (χ1v) is 3.92. The molecule has 0 fully saturated rings. The van der Waals surface area contributed by atoms with Gasteiger partial charge in [-0.15, -0.1) is 0 Å². The normalized spacial score (nSPS) is 10.5. The van der Waals surface area contributed by atoms with Crippen molar-refractivity contribution in [1.29, 1.82) is 0 Å². The highest BCUT2D eigenvalue weighted by Crippen LogP contribution is 2.09. The Morgan fingerprint density at radius 3 is 2.60 bits per heavy atom. The summed E-state index contributed by atoms with van der Waals surface area (Å²) in [6.07, 6.45) is 0.785. The number of rotatable bonds is 4. The first-order chi connectivity index (χ1) is 7.11. The van der Waals surface area contributed by atoms with E-state index in [9.17, 15) is 13.6 Å². The molecule has 0 heterocycles. The molecular formula is C9H7F2NO3. The lowest BCUT2D eigenvalue weighted by Gasteiger charge is -1.97. The van der Waals surface area contributed by atoms with E-state index in [2.05, 4.69) is 9.99 Å². The fraction of sp³-hybridized carbons (Fsp3) is 0.111. The van der Waals surface area contributed by atoms with Gasteiger partial charge in [0.15, 0.2) is 0 Å². The molecule has 0 aliphatic carbocycles. The Kier molecular flexibility index (Phi) is 3.73. The molecule has 15 heavy (non-hydrogen) atoms. The summed E-state index contributed by atoms with van der Waals surface area (Å²) < 4.78 is 25.9. The van der Waals surface area contributed by atoms with Gasteiger partial charge in [-0.05, 0) is 12.1 Å². The minimum Gasteiger partial charge on any atom is -0.479 e. The highest BCUT2D eigenvalue weighted by atomic mass is 19.1. The molecule has 1 aromatic rings. The maximum absolute atomic E-state index is 12.9. The lowest BCUT2D eigenvalue weighted by Crippen LogP contribution is -2.03. The Labute approximate surface area is 83.8 Å². The van der Waals surface area contributed by atoms with E-state index in [-0.39, 0.29) is 5.56 Å². The topological polar surface area (TPSA) is 58.9 Å². The van der Waals surface area contributed by atoms with Crippen LogP contribution >= 0.6 is 0 Å². The van der Waals surface area contributed by atoms with Crippen LogP contribution in [-0.4, -0.2) is 23.9 Å². The molecule has 1 N–H and O–H groups in total. The number of aliphatic carboxylic acids is 1. The first kappa shape index (κ1) is 11.1. The fourth-order valence-electron chi connectivity index (χ4n) is 0.817. The van der Waals surface area contributed by atoms with Gasteiger partial charge in [-0.1, -0.05) is 11.2 Å². The number of halogens is 2. The van der Waals surface area contributed by atoms with Crippen molar-refractivity contribution in [2.45, 2.75) is 0 Å². The third-order valence-corrected chi connectivity index (χ3v) is 1.44. The molecule has 80 valence electrons. The zero-order valence-corrected chi connectivity index (χ0v) is 7.48. The largest absolute Gasteiger partial charge is 0.479 e. The van der Waals surface area contributed by atoms with E-state index in [0.29, 0.717) is 0 Å². The van der Waals surface area contributed by atoms with Gasteiger partial charge in [0.05, 0.1) is 11.8 Å². The Balaban J connectivity index is 2.67. The summed E-state index contributed by atoms with van der Waals surface area (Å²) in [7, 11) is 0. The summed E-state index contributed by atoms with van der Waals surface area (Å²) in [4.78, 5) is 14.2. The summed E-state index contributed by atoms with van der Waals surface area (Å²) in [5.74, 6) is -2.81. The van der Waals surface area contributed by atoms with Crippen LogP contribution in [0.1, 0.15) is 5.56 Å². The first-order valence-electron chi connectivity index (χ1n) is 3.92. The van der Waals surface area contributed by atoms with Crippen LogP contribution < -0.4 is 0 Å². The lowest BCUT2D eigenvalue weighted by molar-refractivity contribution is -0.142. The van der Waals surface area contributed by atoms with Crippen LogP contribution in [0.25, 0.3) is 0 Å². The number of carboxylic acid groups (broad SMARTS) is 1. The Bertz CT molecular complexity index is 373. The van der Waals surface area contributed by atoms with E-state index in [0.717, 1.165) is 18.3 Å². The molecule has 0 aliphatic heterocycles. The molecule has 0 saturated carbocycles. The highest BCUT2D eigenvalue weighted by Gasteiger charge is 2.05. The number of carboxylic acids is 1. The van der Waals surface area contributed by atoms with E-state index in [1.807, 2.05) is 0 Å². The quantitative estimate of drug-likeness (QED) is 0.610. The third kappa shape index (κ3) is 3.34.